The van der Waals surface area contributed by atoms with Crippen molar-refractivity contribution in [1.29, 1.82) is 0 Å². The summed E-state index contributed by atoms with van der Waals surface area (Å²) in [5, 5.41) is 0.557. The molecule has 31 heavy (non-hydrogen) atoms. The number of hydrogen-bond donors (Lipinski definition) is 0. The van der Waals surface area contributed by atoms with Gasteiger partial charge in [0.2, 0.25) is 0 Å². The van der Waals surface area contributed by atoms with Gasteiger partial charge in [0.15, 0.2) is 0 Å². The lowest BCUT2D eigenvalue weighted by Gasteiger charge is -2.43. The van der Waals surface area contributed by atoms with Crippen LogP contribution in [0, 0.1) is 0 Å². The van der Waals surface area contributed by atoms with Gasteiger partial charge in [-0.05, 0) is 36.1 Å². The van der Waals surface area contributed by atoms with Gasteiger partial charge in [0.25, 0.3) is 0 Å². The van der Waals surface area contributed by atoms with E-state index in [-0.39, 0.29) is 11.6 Å². The summed E-state index contributed by atoms with van der Waals surface area (Å²) in [6.45, 7) is 3.08. The molecule has 1 nitrogen and oxygen atoms in total. The monoisotopic (exact) mass is 509 g/mol. The van der Waals surface area contributed by atoms with E-state index in [0.717, 1.165) is 28.9 Å². The Hall–Kier alpha value is -1.82. The molecule has 0 spiro atoms. The Labute approximate surface area is 195 Å². The van der Waals surface area contributed by atoms with Crippen LogP contribution in [0.25, 0.3) is 0 Å². The number of alkyl halides is 4. The van der Waals surface area contributed by atoms with Crippen molar-refractivity contribution in [1.82, 2.24) is 4.90 Å². The lowest BCUT2D eigenvalue weighted by Crippen LogP contribution is -2.45. The summed E-state index contributed by atoms with van der Waals surface area (Å²) in [5.41, 5.74) is 1.25. The second-order valence-corrected chi connectivity index (χ2v) is 8.72. The first-order chi connectivity index (χ1) is 14.8. The first-order valence-electron chi connectivity index (χ1n) is 10.0. The molecule has 3 rings (SSSR count). The summed E-state index contributed by atoms with van der Waals surface area (Å²) in [5.74, 6) is 0. The van der Waals surface area contributed by atoms with E-state index in [1.807, 2.05) is 36.4 Å². The molecule has 0 aliphatic carbocycles. The quantitative estimate of drug-likeness (QED) is 0.278. The number of halogens is 5. The van der Waals surface area contributed by atoms with Crippen LogP contribution in [0.4, 0.5) is 13.2 Å². The van der Waals surface area contributed by atoms with E-state index in [9.17, 15) is 13.2 Å². The van der Waals surface area contributed by atoms with Gasteiger partial charge >= 0.3 is 6.18 Å². The highest BCUT2D eigenvalue weighted by Gasteiger charge is 2.37. The van der Waals surface area contributed by atoms with Crippen molar-refractivity contribution in [3.05, 3.63) is 106 Å². The zero-order valence-electron chi connectivity index (χ0n) is 17.2. The highest BCUT2D eigenvalue weighted by atomic mass is 79.9. The SMILES string of the molecule is CC(c1ccccc1)(c1ccccc1)N(CCCBr)Cc1cccc(C(F)(F)F)c1Cl. The van der Waals surface area contributed by atoms with Crippen LogP contribution in [0.15, 0.2) is 78.9 Å². The molecule has 0 N–H and O–H groups in total. The summed E-state index contributed by atoms with van der Waals surface area (Å²) < 4.78 is 40.3. The topological polar surface area (TPSA) is 3.24 Å². The predicted molar refractivity (Wildman–Crippen MR) is 125 cm³/mol. The minimum absolute atomic E-state index is 0.234. The van der Waals surface area contributed by atoms with E-state index in [1.54, 1.807) is 6.07 Å². The van der Waals surface area contributed by atoms with Crippen LogP contribution in [0.2, 0.25) is 5.02 Å². The van der Waals surface area contributed by atoms with Gasteiger partial charge in [0.05, 0.1) is 16.1 Å². The van der Waals surface area contributed by atoms with Gasteiger partial charge in [0, 0.05) is 18.4 Å². The Bertz CT molecular complexity index is 938. The fourth-order valence-electron chi connectivity index (χ4n) is 3.90. The minimum Gasteiger partial charge on any atom is -0.286 e. The van der Waals surface area contributed by atoms with Crippen molar-refractivity contribution in [3.63, 3.8) is 0 Å². The maximum Gasteiger partial charge on any atom is 0.417 e. The summed E-state index contributed by atoms with van der Waals surface area (Å²) in [4.78, 5) is 2.21. The summed E-state index contributed by atoms with van der Waals surface area (Å²) in [7, 11) is 0. The summed E-state index contributed by atoms with van der Waals surface area (Å²) in [6, 6.07) is 24.2. The van der Waals surface area contributed by atoms with Crippen LogP contribution in [-0.2, 0) is 18.3 Å². The molecule has 0 radical (unpaired) electrons. The first-order valence-corrected chi connectivity index (χ1v) is 11.5. The smallest absolute Gasteiger partial charge is 0.286 e. The molecule has 0 aromatic heterocycles. The van der Waals surface area contributed by atoms with Gasteiger partial charge in [-0.25, -0.2) is 0 Å². The molecule has 0 fully saturated rings. The Morgan fingerprint density at radius 3 is 1.87 bits per heavy atom. The second kappa shape index (κ2) is 10.2. The number of benzene rings is 3. The molecule has 6 heteroatoms. The third-order valence-electron chi connectivity index (χ3n) is 5.61. The van der Waals surface area contributed by atoms with Gasteiger partial charge in [-0.1, -0.05) is 100 Å². The maximum atomic E-state index is 13.4. The van der Waals surface area contributed by atoms with Gasteiger partial charge in [-0.15, -0.1) is 0 Å². The largest absolute Gasteiger partial charge is 0.417 e. The molecule has 0 amide bonds. The normalized spacial score (nSPS) is 12.4. The molecule has 3 aromatic carbocycles. The fraction of sp³-hybridized carbons (Fsp3) is 0.280. The van der Waals surface area contributed by atoms with Crippen LogP contribution in [0.1, 0.15) is 35.6 Å². The summed E-state index contributed by atoms with van der Waals surface area (Å²) >= 11 is 9.75. The molecule has 164 valence electrons. The Kier molecular flexibility index (Phi) is 7.84. The lowest BCUT2D eigenvalue weighted by atomic mass is 9.82. The molecule has 0 heterocycles. The van der Waals surface area contributed by atoms with E-state index in [2.05, 4.69) is 52.0 Å². The van der Waals surface area contributed by atoms with Crippen LogP contribution < -0.4 is 0 Å². The van der Waals surface area contributed by atoms with Gasteiger partial charge in [-0.3, -0.25) is 4.90 Å². The molecule has 0 saturated carbocycles. The van der Waals surface area contributed by atoms with Crippen LogP contribution >= 0.6 is 27.5 Å². The van der Waals surface area contributed by atoms with Crippen molar-refractivity contribution in [2.75, 3.05) is 11.9 Å². The third-order valence-corrected chi connectivity index (χ3v) is 6.62. The van der Waals surface area contributed by atoms with Crippen molar-refractivity contribution in [3.8, 4) is 0 Å². The average Bonchev–Trinajstić information content (AvgIpc) is 2.77. The zero-order chi connectivity index (χ0) is 22.5. The van der Waals surface area contributed by atoms with Crippen LogP contribution in [0.3, 0.4) is 0 Å². The van der Waals surface area contributed by atoms with E-state index in [1.165, 1.54) is 6.07 Å². The zero-order valence-corrected chi connectivity index (χ0v) is 19.5. The molecule has 0 atom stereocenters. The van der Waals surface area contributed by atoms with Gasteiger partial charge in [0.1, 0.15) is 0 Å². The number of nitrogens with zero attached hydrogens (tertiary/aromatic N) is 1. The third kappa shape index (κ3) is 5.33. The minimum atomic E-state index is -4.49. The predicted octanol–water partition coefficient (Wildman–Crippen LogP) is 7.91. The van der Waals surface area contributed by atoms with Gasteiger partial charge < -0.3 is 0 Å². The molecule has 0 saturated heterocycles. The Morgan fingerprint density at radius 2 is 1.39 bits per heavy atom. The van der Waals surface area contributed by atoms with Crippen molar-refractivity contribution in [2.24, 2.45) is 0 Å². The molecular formula is C25H24BrClF3N. The van der Waals surface area contributed by atoms with Crippen molar-refractivity contribution >= 4 is 27.5 Å². The second-order valence-electron chi connectivity index (χ2n) is 7.54. The fourth-order valence-corrected chi connectivity index (χ4v) is 4.44. The highest BCUT2D eigenvalue weighted by molar-refractivity contribution is 9.09. The molecule has 0 unspecified atom stereocenters. The lowest BCUT2D eigenvalue weighted by molar-refractivity contribution is -0.137. The van der Waals surface area contributed by atoms with E-state index < -0.39 is 17.3 Å². The number of rotatable bonds is 8. The standard InChI is InChI=1S/C25H24BrClF3N/c1-24(20-11-4-2-5-12-20,21-13-6-3-7-14-21)31(17-9-16-26)18-19-10-8-15-22(23(19)27)25(28,29)30/h2-8,10-15H,9,16-18H2,1H3. The maximum absolute atomic E-state index is 13.4. The molecule has 0 bridgehead atoms. The van der Waals surface area contributed by atoms with E-state index in [0.29, 0.717) is 12.1 Å². The molecular weight excluding hydrogens is 487 g/mol. The van der Waals surface area contributed by atoms with Crippen LogP contribution in [0.5, 0.6) is 0 Å². The molecule has 0 aliphatic rings. The first kappa shape index (κ1) is 23.8. The van der Waals surface area contributed by atoms with Gasteiger partial charge in [-0.2, -0.15) is 13.2 Å². The average molecular weight is 511 g/mol. The number of hydrogen-bond acceptors (Lipinski definition) is 1. The Morgan fingerprint density at radius 1 is 0.839 bits per heavy atom. The molecule has 0 aliphatic heterocycles. The van der Waals surface area contributed by atoms with Crippen molar-refractivity contribution < 1.29 is 13.2 Å². The Balaban J connectivity index is 2.12. The van der Waals surface area contributed by atoms with Crippen molar-refractivity contribution in [2.45, 2.75) is 31.6 Å². The van der Waals surface area contributed by atoms with E-state index >= 15 is 0 Å². The molecule has 3 aromatic rings. The van der Waals surface area contributed by atoms with Crippen LogP contribution in [-0.4, -0.2) is 16.8 Å². The highest BCUT2D eigenvalue weighted by Crippen LogP contribution is 2.40. The summed E-state index contributed by atoms with van der Waals surface area (Å²) in [6.07, 6.45) is -3.65. The van der Waals surface area contributed by atoms with E-state index in [4.69, 9.17) is 11.6 Å².